The molecule has 0 radical (unpaired) electrons. The summed E-state index contributed by atoms with van der Waals surface area (Å²) in [5, 5.41) is 0.327. The zero-order valence-electron chi connectivity index (χ0n) is 9.14. The number of nitrogens with one attached hydrogen (secondary N) is 1. The van der Waals surface area contributed by atoms with Crippen LogP contribution in [0, 0.1) is 0 Å². The Hall–Kier alpha value is -0.700. The molecule has 0 saturated heterocycles. The minimum absolute atomic E-state index is 0.0412. The molecule has 0 aliphatic rings. The van der Waals surface area contributed by atoms with Crippen LogP contribution in [0.1, 0.15) is 0 Å². The van der Waals surface area contributed by atoms with Crippen molar-refractivity contribution in [2.24, 2.45) is 0 Å². The average molecular weight is 428 g/mol. The summed E-state index contributed by atoms with van der Waals surface area (Å²) in [6.45, 7) is 0. The minimum atomic E-state index is -3.75. The van der Waals surface area contributed by atoms with Gasteiger partial charge in [0.1, 0.15) is 0 Å². The lowest BCUT2D eigenvalue weighted by Crippen LogP contribution is -2.15. The highest BCUT2D eigenvalue weighted by molar-refractivity contribution is 9.11. The molecule has 0 fully saturated rings. The molecule has 9 heteroatoms. The summed E-state index contributed by atoms with van der Waals surface area (Å²) in [6, 6.07) is 4.68. The normalized spacial score (nSPS) is 11.3. The molecule has 0 bridgehead atoms. The van der Waals surface area contributed by atoms with Crippen molar-refractivity contribution in [3.8, 4) is 0 Å². The van der Waals surface area contributed by atoms with Crippen LogP contribution in [0.25, 0.3) is 0 Å². The molecule has 0 amide bonds. The van der Waals surface area contributed by atoms with E-state index in [1.165, 1.54) is 24.5 Å². The highest BCUT2D eigenvalue weighted by Gasteiger charge is 2.16. The molecule has 1 aromatic heterocycles. The number of halogens is 3. The molecule has 1 N–H and O–H groups in total. The van der Waals surface area contributed by atoms with Crippen LogP contribution < -0.4 is 4.72 Å². The zero-order valence-corrected chi connectivity index (χ0v) is 13.9. The third-order valence-corrected chi connectivity index (χ3v) is 4.41. The molecular weight excluding hydrogens is 421 g/mol. The molecule has 1 heterocycles. The Balaban J connectivity index is 2.34. The van der Waals surface area contributed by atoms with E-state index in [-0.39, 0.29) is 10.8 Å². The highest BCUT2D eigenvalue weighted by Crippen LogP contribution is 2.24. The number of rotatable bonds is 3. The number of hydrogen-bond donors (Lipinski definition) is 1. The first kappa shape index (κ1) is 14.7. The molecule has 0 aliphatic heterocycles. The highest BCUT2D eigenvalue weighted by atomic mass is 79.9. The van der Waals surface area contributed by atoms with E-state index >= 15 is 0 Å². The van der Waals surface area contributed by atoms with E-state index in [2.05, 4.69) is 46.5 Å². The fraction of sp³-hybridized carbons (Fsp3) is 0. The standard InChI is InChI=1S/C10H6Br2ClN3O2S/c11-6-1-7(12)3-9(2-6)19(17,18)16-10-14-4-8(13)5-15-10/h1-5H,(H,14,15,16). The van der Waals surface area contributed by atoms with E-state index < -0.39 is 10.0 Å². The van der Waals surface area contributed by atoms with Gasteiger partial charge in [-0.3, -0.25) is 0 Å². The molecule has 2 rings (SSSR count). The summed E-state index contributed by atoms with van der Waals surface area (Å²) in [4.78, 5) is 7.64. The van der Waals surface area contributed by atoms with Crippen molar-refractivity contribution < 1.29 is 8.42 Å². The maximum atomic E-state index is 12.1. The van der Waals surface area contributed by atoms with Gasteiger partial charge in [0.15, 0.2) is 0 Å². The van der Waals surface area contributed by atoms with Gasteiger partial charge in [0.2, 0.25) is 5.95 Å². The lowest BCUT2D eigenvalue weighted by atomic mass is 10.4. The number of nitrogens with zero attached hydrogens (tertiary/aromatic N) is 2. The monoisotopic (exact) mass is 425 g/mol. The van der Waals surface area contributed by atoms with Gasteiger partial charge in [-0.05, 0) is 18.2 Å². The molecule has 2 aromatic rings. The van der Waals surface area contributed by atoms with Crippen LogP contribution in [0.3, 0.4) is 0 Å². The molecule has 0 atom stereocenters. The maximum Gasteiger partial charge on any atom is 0.264 e. The van der Waals surface area contributed by atoms with Gasteiger partial charge in [0, 0.05) is 8.95 Å². The molecule has 5 nitrogen and oxygen atoms in total. The average Bonchev–Trinajstić information content (AvgIpc) is 2.31. The van der Waals surface area contributed by atoms with Crippen molar-refractivity contribution in [2.75, 3.05) is 4.72 Å². The van der Waals surface area contributed by atoms with Crippen LogP contribution in [-0.4, -0.2) is 18.4 Å². The van der Waals surface area contributed by atoms with Gasteiger partial charge < -0.3 is 0 Å². The first-order valence-electron chi connectivity index (χ1n) is 4.83. The zero-order chi connectivity index (χ0) is 14.0. The van der Waals surface area contributed by atoms with E-state index in [0.29, 0.717) is 14.0 Å². The van der Waals surface area contributed by atoms with Gasteiger partial charge in [-0.1, -0.05) is 43.5 Å². The Morgan fingerprint density at radius 3 is 2.11 bits per heavy atom. The van der Waals surface area contributed by atoms with Crippen molar-refractivity contribution in [1.82, 2.24) is 9.97 Å². The second kappa shape index (κ2) is 5.74. The van der Waals surface area contributed by atoms with E-state index in [9.17, 15) is 8.42 Å². The number of benzene rings is 1. The summed E-state index contributed by atoms with van der Waals surface area (Å²) in [5.74, 6) is -0.0412. The maximum absolute atomic E-state index is 12.1. The summed E-state index contributed by atoms with van der Waals surface area (Å²) in [7, 11) is -3.75. The van der Waals surface area contributed by atoms with Crippen molar-refractivity contribution >= 4 is 59.4 Å². The van der Waals surface area contributed by atoms with Crippen molar-refractivity contribution in [1.29, 1.82) is 0 Å². The number of sulfonamides is 1. The fourth-order valence-electron chi connectivity index (χ4n) is 1.23. The predicted octanol–water partition coefficient (Wildman–Crippen LogP) is 3.46. The first-order chi connectivity index (χ1) is 8.87. The van der Waals surface area contributed by atoms with Crippen molar-refractivity contribution in [3.63, 3.8) is 0 Å². The van der Waals surface area contributed by atoms with Crippen LogP contribution in [-0.2, 0) is 10.0 Å². The van der Waals surface area contributed by atoms with Gasteiger partial charge in [-0.15, -0.1) is 0 Å². The van der Waals surface area contributed by atoms with Crippen molar-refractivity contribution in [3.05, 3.63) is 44.6 Å². The van der Waals surface area contributed by atoms with E-state index in [4.69, 9.17) is 11.6 Å². The van der Waals surface area contributed by atoms with E-state index in [0.717, 1.165) is 0 Å². The van der Waals surface area contributed by atoms with Crippen LogP contribution in [0.2, 0.25) is 5.02 Å². The fourth-order valence-corrected chi connectivity index (χ4v) is 3.95. The SMILES string of the molecule is O=S(=O)(Nc1ncc(Cl)cn1)c1cc(Br)cc(Br)c1. The summed E-state index contributed by atoms with van der Waals surface area (Å²) < 4.78 is 27.8. The number of aromatic nitrogens is 2. The third-order valence-electron chi connectivity index (χ3n) is 1.99. The molecule has 1 aromatic carbocycles. The quantitative estimate of drug-likeness (QED) is 0.814. The number of hydrogen-bond acceptors (Lipinski definition) is 4. The minimum Gasteiger partial charge on any atom is -0.247 e. The van der Waals surface area contributed by atoms with Crippen LogP contribution in [0.5, 0.6) is 0 Å². The van der Waals surface area contributed by atoms with Gasteiger partial charge in [-0.25, -0.2) is 23.1 Å². The van der Waals surface area contributed by atoms with Crippen LogP contribution in [0.15, 0.2) is 44.4 Å². The molecular formula is C10H6Br2ClN3O2S. The molecule has 0 aliphatic carbocycles. The van der Waals surface area contributed by atoms with E-state index in [1.54, 1.807) is 6.07 Å². The van der Waals surface area contributed by atoms with Gasteiger partial charge in [-0.2, -0.15) is 0 Å². The Bertz CT molecular complexity index is 687. The third kappa shape index (κ3) is 3.88. The molecule has 0 spiro atoms. The smallest absolute Gasteiger partial charge is 0.247 e. The Kier molecular flexibility index (Phi) is 4.44. The molecule has 100 valence electrons. The Morgan fingerprint density at radius 1 is 1.05 bits per heavy atom. The second-order valence-corrected chi connectivity index (χ2v) is 7.39. The predicted molar refractivity (Wildman–Crippen MR) is 79.7 cm³/mol. The lowest BCUT2D eigenvalue weighted by Gasteiger charge is -2.07. The Labute approximate surface area is 131 Å². The molecule has 0 saturated carbocycles. The second-order valence-electron chi connectivity index (χ2n) is 3.44. The molecule has 0 unspecified atom stereocenters. The van der Waals surface area contributed by atoms with Crippen LogP contribution in [0.4, 0.5) is 5.95 Å². The van der Waals surface area contributed by atoms with Gasteiger partial charge in [0.05, 0.1) is 22.3 Å². The first-order valence-corrected chi connectivity index (χ1v) is 8.28. The van der Waals surface area contributed by atoms with Gasteiger partial charge in [0.25, 0.3) is 10.0 Å². The number of anilines is 1. The molecule has 19 heavy (non-hydrogen) atoms. The Morgan fingerprint density at radius 2 is 1.58 bits per heavy atom. The largest absolute Gasteiger partial charge is 0.264 e. The summed E-state index contributed by atoms with van der Waals surface area (Å²) in [5.41, 5.74) is 0. The van der Waals surface area contributed by atoms with Crippen molar-refractivity contribution in [2.45, 2.75) is 4.90 Å². The summed E-state index contributed by atoms with van der Waals surface area (Å²) >= 11 is 12.1. The topological polar surface area (TPSA) is 72.0 Å². The van der Waals surface area contributed by atoms with Gasteiger partial charge >= 0.3 is 0 Å². The van der Waals surface area contributed by atoms with Crippen LogP contribution >= 0.6 is 43.5 Å². The summed E-state index contributed by atoms with van der Waals surface area (Å²) in [6.07, 6.45) is 2.62. The lowest BCUT2D eigenvalue weighted by molar-refractivity contribution is 0.600. The van der Waals surface area contributed by atoms with E-state index in [1.807, 2.05) is 0 Å².